The van der Waals surface area contributed by atoms with Gasteiger partial charge in [-0.3, -0.25) is 9.69 Å². The summed E-state index contributed by atoms with van der Waals surface area (Å²) in [5.74, 6) is -0.162. The van der Waals surface area contributed by atoms with Gasteiger partial charge in [0.25, 0.3) is 0 Å². The molecule has 0 saturated carbocycles. The molecule has 2 heterocycles. The molecule has 0 bridgehead atoms. The van der Waals surface area contributed by atoms with Crippen LogP contribution in [0.3, 0.4) is 0 Å². The lowest BCUT2D eigenvalue weighted by molar-refractivity contribution is -0.137. The summed E-state index contributed by atoms with van der Waals surface area (Å²) >= 11 is 0. The van der Waals surface area contributed by atoms with Gasteiger partial charge in [-0.2, -0.15) is 18.4 Å². The van der Waals surface area contributed by atoms with Crippen molar-refractivity contribution in [2.75, 3.05) is 11.9 Å². The van der Waals surface area contributed by atoms with Crippen molar-refractivity contribution in [3.8, 4) is 17.2 Å². The van der Waals surface area contributed by atoms with Gasteiger partial charge in [0, 0.05) is 48.9 Å². The van der Waals surface area contributed by atoms with Crippen molar-refractivity contribution in [2.24, 2.45) is 7.05 Å². The summed E-state index contributed by atoms with van der Waals surface area (Å²) in [5.41, 5.74) is 3.61. The predicted octanol–water partition coefficient (Wildman–Crippen LogP) is 6.97. The minimum atomic E-state index is -4.58. The first-order valence-corrected chi connectivity index (χ1v) is 12.7. The van der Waals surface area contributed by atoms with Gasteiger partial charge < -0.3 is 9.47 Å². The normalized spacial score (nSPS) is 17.6. The maximum absolute atomic E-state index is 13.8. The number of likely N-dealkylation sites (N-methyl/N-ethyl adjacent to an activating group) is 1. The van der Waals surface area contributed by atoms with Crippen LogP contribution in [0.25, 0.3) is 22.0 Å². The minimum absolute atomic E-state index is 0.0573. The number of urea groups is 1. The van der Waals surface area contributed by atoms with Crippen LogP contribution < -0.4 is 4.90 Å². The molecule has 0 spiro atoms. The summed E-state index contributed by atoms with van der Waals surface area (Å²) in [5, 5.41) is 10.6. The summed E-state index contributed by atoms with van der Waals surface area (Å²) in [6, 6.07) is 18.5. The van der Waals surface area contributed by atoms with Crippen LogP contribution in [0.5, 0.6) is 0 Å². The number of Topliss-reactive ketones (excluding diaryl/α,β-unsaturated/α-hetero) is 1. The number of anilines is 1. The molecule has 4 aromatic rings. The van der Waals surface area contributed by atoms with Gasteiger partial charge in [0.05, 0.1) is 28.9 Å². The quantitative estimate of drug-likeness (QED) is 0.282. The molecule has 40 heavy (non-hydrogen) atoms. The Hall–Kier alpha value is -4.84. The van der Waals surface area contributed by atoms with Crippen LogP contribution in [0.2, 0.25) is 0 Å². The zero-order valence-corrected chi connectivity index (χ0v) is 21.7. The van der Waals surface area contributed by atoms with E-state index in [0.29, 0.717) is 28.0 Å². The fraction of sp³-hybridized carbons (Fsp3) is 0.194. The molecule has 3 aromatic carbocycles. The van der Waals surface area contributed by atoms with Gasteiger partial charge in [-0.1, -0.05) is 18.2 Å². The molecule has 0 saturated heterocycles. The molecular weight excluding hydrogens is 517 g/mol. The van der Waals surface area contributed by atoms with E-state index in [-0.39, 0.29) is 24.3 Å². The lowest BCUT2D eigenvalue weighted by atomic mass is 9.86. The van der Waals surface area contributed by atoms with Gasteiger partial charge in [0.1, 0.15) is 0 Å². The number of amides is 2. The summed E-state index contributed by atoms with van der Waals surface area (Å²) < 4.78 is 42.4. The maximum atomic E-state index is 13.8. The zero-order chi connectivity index (χ0) is 28.3. The number of fused-ring (bicyclic) bond motifs is 1. The smallest absolute Gasteiger partial charge is 0.351 e. The van der Waals surface area contributed by atoms with Gasteiger partial charge in [0.15, 0.2) is 5.78 Å². The second kappa shape index (κ2) is 9.12. The number of rotatable bonds is 3. The number of hydrogen-bond donors (Lipinski definition) is 0. The van der Waals surface area contributed by atoms with Crippen LogP contribution in [0.4, 0.5) is 23.7 Å². The predicted molar refractivity (Wildman–Crippen MR) is 144 cm³/mol. The number of allylic oxidation sites excluding steroid dienone is 1. The fourth-order valence-electron chi connectivity index (χ4n) is 5.80. The number of aryl methyl sites for hydroxylation is 1. The average molecular weight is 541 g/mol. The van der Waals surface area contributed by atoms with Gasteiger partial charge in [-0.15, -0.1) is 0 Å². The molecule has 1 aliphatic carbocycles. The maximum Gasteiger partial charge on any atom is 0.416 e. The number of nitrogens with zero attached hydrogens (tertiary/aromatic N) is 4. The van der Waals surface area contributed by atoms with E-state index in [9.17, 15) is 28.0 Å². The Morgan fingerprint density at radius 1 is 0.950 bits per heavy atom. The highest BCUT2D eigenvalue weighted by Gasteiger charge is 2.45. The highest BCUT2D eigenvalue weighted by atomic mass is 19.4. The Balaban J connectivity index is 1.54. The molecule has 200 valence electrons. The van der Waals surface area contributed by atoms with E-state index in [2.05, 4.69) is 6.07 Å². The monoisotopic (exact) mass is 540 g/mol. The van der Waals surface area contributed by atoms with Gasteiger partial charge >= 0.3 is 12.2 Å². The molecular formula is C31H23F3N4O2. The van der Waals surface area contributed by atoms with Crippen molar-refractivity contribution >= 4 is 28.4 Å². The van der Waals surface area contributed by atoms with Crippen LogP contribution >= 0.6 is 0 Å². The fourth-order valence-corrected chi connectivity index (χ4v) is 5.80. The van der Waals surface area contributed by atoms with E-state index in [1.54, 1.807) is 25.2 Å². The molecule has 9 heteroatoms. The molecule has 2 amide bonds. The van der Waals surface area contributed by atoms with Crippen molar-refractivity contribution in [1.82, 2.24) is 9.47 Å². The highest BCUT2D eigenvalue weighted by molar-refractivity contribution is 6.08. The Morgan fingerprint density at radius 2 is 1.75 bits per heavy atom. The highest BCUT2D eigenvalue weighted by Crippen LogP contribution is 2.47. The number of nitriles is 1. The third-order valence-corrected chi connectivity index (χ3v) is 7.73. The summed E-state index contributed by atoms with van der Waals surface area (Å²) in [7, 11) is 3.49. The first-order valence-electron chi connectivity index (χ1n) is 12.7. The molecule has 2 aliphatic rings. The van der Waals surface area contributed by atoms with Crippen LogP contribution in [-0.2, 0) is 18.0 Å². The van der Waals surface area contributed by atoms with Crippen LogP contribution in [0.15, 0.2) is 84.2 Å². The molecule has 0 radical (unpaired) electrons. The first-order chi connectivity index (χ1) is 19.1. The SMILES string of the molecule is CN1C(=O)N(c2cccc(C(F)(F)F)c2)C2=C(C(=O)CC2)C1c1ccc(C#N)cc1-c1ccc2c(ccn2C)c1. The molecule has 1 atom stereocenters. The van der Waals surface area contributed by atoms with Gasteiger partial charge in [0.2, 0.25) is 0 Å². The summed E-state index contributed by atoms with van der Waals surface area (Å²) in [6.07, 6.45) is -2.24. The number of halogens is 3. The molecule has 6 nitrogen and oxygen atoms in total. The van der Waals surface area contributed by atoms with E-state index in [4.69, 9.17) is 0 Å². The second-order valence-electron chi connectivity index (χ2n) is 10.1. The van der Waals surface area contributed by atoms with Crippen molar-refractivity contribution in [1.29, 1.82) is 5.26 Å². The molecule has 0 N–H and O–H groups in total. The van der Waals surface area contributed by atoms with Crippen molar-refractivity contribution < 1.29 is 22.8 Å². The van der Waals surface area contributed by atoms with Crippen LogP contribution in [0.1, 0.15) is 35.6 Å². The standard InChI is InChI=1S/C31H23F3N4O2/c1-36-13-12-20-15-19(7-9-25(20)36)24-14-18(17-35)6-8-23(24)29-28-26(10-11-27(28)39)38(30(40)37(29)2)22-5-3-4-21(16-22)31(32,33)34/h3-9,12-16,29H,10-11H2,1-2H3. The minimum Gasteiger partial charge on any atom is -0.351 e. The van der Waals surface area contributed by atoms with E-state index in [1.807, 2.05) is 42.1 Å². The second-order valence-corrected chi connectivity index (χ2v) is 10.1. The Kier molecular flexibility index (Phi) is 5.80. The zero-order valence-electron chi connectivity index (χ0n) is 21.7. The average Bonchev–Trinajstić information content (AvgIpc) is 3.50. The lowest BCUT2D eigenvalue weighted by Crippen LogP contribution is -2.48. The molecule has 0 fully saturated rings. The third kappa shape index (κ3) is 3.95. The molecule has 1 aromatic heterocycles. The number of carbonyl (C=O) groups is 2. The largest absolute Gasteiger partial charge is 0.416 e. The van der Waals surface area contributed by atoms with Crippen molar-refractivity contribution in [3.05, 3.63) is 101 Å². The van der Waals surface area contributed by atoms with Crippen LogP contribution in [0, 0.1) is 11.3 Å². The summed E-state index contributed by atoms with van der Waals surface area (Å²) in [4.78, 5) is 29.8. The number of hydrogen-bond acceptors (Lipinski definition) is 3. The number of benzene rings is 3. The van der Waals surface area contributed by atoms with Gasteiger partial charge in [-0.25, -0.2) is 4.79 Å². The Labute approximate surface area is 228 Å². The van der Waals surface area contributed by atoms with Crippen molar-refractivity contribution in [3.63, 3.8) is 0 Å². The lowest BCUT2D eigenvalue weighted by Gasteiger charge is -2.41. The Morgan fingerprint density at radius 3 is 2.50 bits per heavy atom. The van der Waals surface area contributed by atoms with E-state index in [0.717, 1.165) is 28.6 Å². The van der Waals surface area contributed by atoms with Crippen molar-refractivity contribution in [2.45, 2.75) is 25.1 Å². The van der Waals surface area contributed by atoms with E-state index >= 15 is 0 Å². The topological polar surface area (TPSA) is 69.3 Å². The molecule has 1 aliphatic heterocycles. The summed E-state index contributed by atoms with van der Waals surface area (Å²) in [6.45, 7) is 0. The van der Waals surface area contributed by atoms with Crippen LogP contribution in [-0.4, -0.2) is 28.3 Å². The number of alkyl halides is 3. The number of ketones is 1. The molecule has 1 unspecified atom stereocenters. The van der Waals surface area contributed by atoms with E-state index < -0.39 is 23.8 Å². The number of aromatic nitrogens is 1. The first kappa shape index (κ1) is 25.4. The Bertz CT molecular complexity index is 1790. The third-order valence-electron chi connectivity index (χ3n) is 7.73. The van der Waals surface area contributed by atoms with Gasteiger partial charge in [-0.05, 0) is 71.6 Å². The molecule has 6 rings (SSSR count). The van der Waals surface area contributed by atoms with E-state index in [1.165, 1.54) is 21.9 Å². The number of carbonyl (C=O) groups excluding carboxylic acids is 2.